The Morgan fingerprint density at radius 2 is 2.20 bits per heavy atom. The van der Waals surface area contributed by atoms with Crippen molar-refractivity contribution in [2.45, 2.75) is 16.6 Å². The summed E-state index contributed by atoms with van der Waals surface area (Å²) in [5.41, 5.74) is 5.97. The molecule has 0 aliphatic heterocycles. The minimum atomic E-state index is -3.31. The van der Waals surface area contributed by atoms with Crippen molar-refractivity contribution in [3.05, 3.63) is 11.8 Å². The van der Waals surface area contributed by atoms with Gasteiger partial charge in [0.15, 0.2) is 20.0 Å². The third-order valence-corrected chi connectivity index (χ3v) is 3.37. The molecule has 0 fully saturated rings. The van der Waals surface area contributed by atoms with Gasteiger partial charge in [0.2, 0.25) is 0 Å². The summed E-state index contributed by atoms with van der Waals surface area (Å²) < 4.78 is 22.9. The first-order chi connectivity index (χ1) is 6.99. The van der Waals surface area contributed by atoms with Gasteiger partial charge in [0.25, 0.3) is 0 Å². The fraction of sp³-hybridized carbons (Fsp3) is 0.500. The Balaban J connectivity index is 3.29. The number of thioether (sulfide) groups is 1. The number of hydrogen-bond donors (Lipinski definition) is 1. The number of hydrogen-bond acceptors (Lipinski definition) is 6. The van der Waals surface area contributed by atoms with Crippen LogP contribution in [-0.2, 0) is 16.3 Å². The van der Waals surface area contributed by atoms with E-state index in [9.17, 15) is 8.42 Å². The first kappa shape index (κ1) is 12.4. The average molecular weight is 247 g/mol. The van der Waals surface area contributed by atoms with Gasteiger partial charge in [0, 0.05) is 18.0 Å². The lowest BCUT2D eigenvalue weighted by molar-refractivity contribution is 0.593. The van der Waals surface area contributed by atoms with Gasteiger partial charge in [0.1, 0.15) is 0 Å². The summed E-state index contributed by atoms with van der Waals surface area (Å²) in [7, 11) is -3.31. The van der Waals surface area contributed by atoms with Gasteiger partial charge in [0.05, 0.1) is 0 Å². The minimum Gasteiger partial charge on any atom is -0.330 e. The Bertz CT molecular complexity index is 445. The molecule has 1 aromatic rings. The summed E-state index contributed by atoms with van der Waals surface area (Å²) in [5, 5.41) is 0.545. The predicted molar refractivity (Wildman–Crippen MR) is 59.7 cm³/mol. The standard InChI is InChI=1S/C8H13N3O2S2/c1-14-8-10-5-6(3-4-9)7(11-8)15(2,12)13/h5H,3-4,9H2,1-2H3. The summed E-state index contributed by atoms with van der Waals surface area (Å²) in [6.45, 7) is 0.379. The molecule has 0 atom stereocenters. The second-order valence-electron chi connectivity index (χ2n) is 3.00. The lowest BCUT2D eigenvalue weighted by Crippen LogP contribution is -2.11. The second-order valence-corrected chi connectivity index (χ2v) is 5.70. The first-order valence-corrected chi connectivity index (χ1v) is 7.40. The van der Waals surface area contributed by atoms with E-state index < -0.39 is 9.84 Å². The number of sulfone groups is 1. The van der Waals surface area contributed by atoms with Gasteiger partial charge in [-0.25, -0.2) is 18.4 Å². The van der Waals surface area contributed by atoms with E-state index in [1.54, 1.807) is 6.26 Å². The third-order valence-electron chi connectivity index (χ3n) is 1.75. The molecule has 5 nitrogen and oxygen atoms in total. The molecule has 0 unspecified atom stereocenters. The maximum Gasteiger partial charge on any atom is 0.193 e. The molecule has 84 valence electrons. The third kappa shape index (κ3) is 3.15. The highest BCUT2D eigenvalue weighted by atomic mass is 32.2. The largest absolute Gasteiger partial charge is 0.330 e. The molecule has 0 aliphatic carbocycles. The Hall–Kier alpha value is -0.660. The molecule has 0 aliphatic rings. The molecule has 0 amide bonds. The SMILES string of the molecule is CSc1ncc(CCN)c(S(C)(=O)=O)n1. The Morgan fingerprint density at radius 3 is 2.67 bits per heavy atom. The second kappa shape index (κ2) is 4.91. The summed E-state index contributed by atoms with van der Waals surface area (Å²) in [4.78, 5) is 8.01. The highest BCUT2D eigenvalue weighted by molar-refractivity contribution is 7.98. The lowest BCUT2D eigenvalue weighted by Gasteiger charge is -2.06. The van der Waals surface area contributed by atoms with Crippen molar-refractivity contribution in [1.82, 2.24) is 9.97 Å². The van der Waals surface area contributed by atoms with Crippen LogP contribution in [0.25, 0.3) is 0 Å². The predicted octanol–water partition coefficient (Wildman–Crippen LogP) is 0.103. The maximum absolute atomic E-state index is 11.5. The van der Waals surface area contributed by atoms with Gasteiger partial charge in [-0.05, 0) is 19.2 Å². The van der Waals surface area contributed by atoms with Gasteiger partial charge in [-0.3, -0.25) is 0 Å². The summed E-state index contributed by atoms with van der Waals surface area (Å²) in [6.07, 6.45) is 4.93. The molecule has 0 radical (unpaired) electrons. The number of nitrogens with two attached hydrogens (primary N) is 1. The van der Waals surface area contributed by atoms with E-state index in [1.807, 2.05) is 0 Å². The van der Waals surface area contributed by atoms with Gasteiger partial charge >= 0.3 is 0 Å². The fourth-order valence-electron chi connectivity index (χ4n) is 1.12. The summed E-state index contributed by atoms with van der Waals surface area (Å²) in [6, 6.07) is 0. The topological polar surface area (TPSA) is 85.9 Å². The van der Waals surface area contributed by atoms with Crippen molar-refractivity contribution in [2.75, 3.05) is 19.1 Å². The molecular formula is C8H13N3O2S2. The van der Waals surface area contributed by atoms with E-state index in [-0.39, 0.29) is 5.03 Å². The van der Waals surface area contributed by atoms with Crippen LogP contribution in [0.5, 0.6) is 0 Å². The Labute approximate surface area is 93.4 Å². The molecular weight excluding hydrogens is 234 g/mol. The molecule has 7 heteroatoms. The van der Waals surface area contributed by atoms with Crippen molar-refractivity contribution in [2.24, 2.45) is 5.73 Å². The first-order valence-electron chi connectivity index (χ1n) is 4.29. The molecule has 1 heterocycles. The fourth-order valence-corrected chi connectivity index (χ4v) is 2.40. The molecule has 1 aromatic heterocycles. The van der Waals surface area contributed by atoms with E-state index in [0.717, 1.165) is 6.26 Å². The van der Waals surface area contributed by atoms with Crippen LogP contribution in [0, 0.1) is 0 Å². The highest BCUT2D eigenvalue weighted by Crippen LogP contribution is 2.16. The monoisotopic (exact) mass is 247 g/mol. The van der Waals surface area contributed by atoms with Gasteiger partial charge in [-0.1, -0.05) is 11.8 Å². The van der Waals surface area contributed by atoms with Crippen LogP contribution in [0.2, 0.25) is 0 Å². The molecule has 2 N–H and O–H groups in total. The molecule has 0 spiro atoms. The number of nitrogens with zero attached hydrogens (tertiary/aromatic N) is 2. The summed E-state index contributed by atoms with van der Waals surface area (Å²) >= 11 is 1.31. The van der Waals surface area contributed by atoms with Crippen molar-refractivity contribution in [1.29, 1.82) is 0 Å². The number of aromatic nitrogens is 2. The van der Waals surface area contributed by atoms with Crippen LogP contribution in [0.1, 0.15) is 5.56 Å². The van der Waals surface area contributed by atoms with E-state index in [4.69, 9.17) is 5.73 Å². The van der Waals surface area contributed by atoms with Crippen molar-refractivity contribution in [3.8, 4) is 0 Å². The average Bonchev–Trinajstić information content (AvgIpc) is 2.17. The van der Waals surface area contributed by atoms with E-state index in [0.29, 0.717) is 23.7 Å². The molecule has 1 rings (SSSR count). The summed E-state index contributed by atoms with van der Waals surface area (Å²) in [5.74, 6) is 0. The van der Waals surface area contributed by atoms with Crippen molar-refractivity contribution >= 4 is 21.6 Å². The molecule has 0 aromatic carbocycles. The van der Waals surface area contributed by atoms with Gasteiger partial charge in [-0.15, -0.1) is 0 Å². The smallest absolute Gasteiger partial charge is 0.193 e. The minimum absolute atomic E-state index is 0.0901. The highest BCUT2D eigenvalue weighted by Gasteiger charge is 2.16. The zero-order valence-corrected chi connectivity index (χ0v) is 10.2. The molecule has 15 heavy (non-hydrogen) atoms. The van der Waals surface area contributed by atoms with Crippen LogP contribution in [-0.4, -0.2) is 37.4 Å². The Morgan fingerprint density at radius 1 is 1.53 bits per heavy atom. The van der Waals surface area contributed by atoms with Crippen LogP contribution in [0.3, 0.4) is 0 Å². The van der Waals surface area contributed by atoms with Gasteiger partial charge < -0.3 is 5.73 Å². The van der Waals surface area contributed by atoms with E-state index >= 15 is 0 Å². The van der Waals surface area contributed by atoms with Crippen LogP contribution >= 0.6 is 11.8 Å². The van der Waals surface area contributed by atoms with Crippen molar-refractivity contribution in [3.63, 3.8) is 0 Å². The van der Waals surface area contributed by atoms with E-state index in [1.165, 1.54) is 18.0 Å². The van der Waals surface area contributed by atoms with Crippen LogP contribution < -0.4 is 5.73 Å². The lowest BCUT2D eigenvalue weighted by atomic mass is 10.2. The Kier molecular flexibility index (Phi) is 4.06. The van der Waals surface area contributed by atoms with Crippen molar-refractivity contribution < 1.29 is 8.42 Å². The maximum atomic E-state index is 11.5. The quantitative estimate of drug-likeness (QED) is 0.461. The number of rotatable bonds is 4. The molecule has 0 saturated heterocycles. The van der Waals surface area contributed by atoms with E-state index in [2.05, 4.69) is 9.97 Å². The van der Waals surface area contributed by atoms with Crippen LogP contribution in [0.15, 0.2) is 16.4 Å². The zero-order valence-electron chi connectivity index (χ0n) is 8.60. The normalized spacial score (nSPS) is 11.7. The molecule has 0 saturated carbocycles. The molecule has 0 bridgehead atoms. The van der Waals surface area contributed by atoms with Crippen LogP contribution in [0.4, 0.5) is 0 Å². The zero-order chi connectivity index (χ0) is 11.5. The van der Waals surface area contributed by atoms with Gasteiger partial charge in [-0.2, -0.15) is 0 Å².